The van der Waals surface area contributed by atoms with Crippen molar-refractivity contribution in [2.45, 2.75) is 52.1 Å². The van der Waals surface area contributed by atoms with Crippen molar-refractivity contribution in [3.8, 4) is 0 Å². The monoisotopic (exact) mass is 262 g/mol. The summed E-state index contributed by atoms with van der Waals surface area (Å²) in [5, 5.41) is 0. The molecule has 3 nitrogen and oxygen atoms in total. The Kier molecular flexibility index (Phi) is 4.51. The van der Waals surface area contributed by atoms with Gasteiger partial charge in [0, 0.05) is 6.42 Å². The summed E-state index contributed by atoms with van der Waals surface area (Å²) < 4.78 is 5.44. The average molecular weight is 262 g/mol. The van der Waals surface area contributed by atoms with Crippen molar-refractivity contribution in [2.24, 2.45) is 0 Å². The minimum absolute atomic E-state index is 0.247. The third kappa shape index (κ3) is 4.19. The average Bonchev–Trinajstić information content (AvgIpc) is 2.28. The van der Waals surface area contributed by atoms with Crippen LogP contribution < -0.4 is 0 Å². The first-order chi connectivity index (χ1) is 8.66. The number of carbonyl (C=O) groups is 2. The van der Waals surface area contributed by atoms with E-state index in [-0.39, 0.29) is 5.97 Å². The summed E-state index contributed by atoms with van der Waals surface area (Å²) in [6.45, 7) is 9.25. The van der Waals surface area contributed by atoms with Gasteiger partial charge in [0.1, 0.15) is 11.9 Å². The maximum absolute atomic E-state index is 12.2. The number of carbonyl (C=O) groups excluding carboxylic acids is 2. The number of hydrogen-bond donors (Lipinski definition) is 0. The van der Waals surface area contributed by atoms with Gasteiger partial charge < -0.3 is 9.53 Å². The fourth-order valence-electron chi connectivity index (χ4n) is 1.68. The number of aldehydes is 1. The largest absolute Gasteiger partial charge is 0.459 e. The molecule has 0 amide bonds. The first-order valence-electron chi connectivity index (χ1n) is 6.43. The molecular weight excluding hydrogens is 240 g/mol. The Hall–Kier alpha value is -1.64. The molecule has 3 heteroatoms. The van der Waals surface area contributed by atoms with Crippen molar-refractivity contribution in [3.63, 3.8) is 0 Å². The third-order valence-corrected chi connectivity index (χ3v) is 2.90. The number of esters is 1. The zero-order chi connectivity index (χ0) is 14.7. The molecule has 1 aromatic carbocycles. The molecule has 0 aliphatic rings. The lowest BCUT2D eigenvalue weighted by Crippen LogP contribution is -2.36. The minimum Gasteiger partial charge on any atom is -0.459 e. The van der Waals surface area contributed by atoms with Crippen molar-refractivity contribution in [3.05, 3.63) is 35.4 Å². The van der Waals surface area contributed by atoms with Gasteiger partial charge in [-0.05, 0) is 45.7 Å². The van der Waals surface area contributed by atoms with Crippen LogP contribution in [0, 0.1) is 0 Å². The molecule has 0 atom stereocenters. The van der Waals surface area contributed by atoms with Crippen LogP contribution in [0.15, 0.2) is 24.3 Å². The standard InChI is InChI=1S/C16H22O3/c1-15(2,3)19-14(18)16(4,5)13-8-6-12(7-9-13)10-11-17/h6-9,11H,10H2,1-5H3. The topological polar surface area (TPSA) is 43.4 Å². The van der Waals surface area contributed by atoms with Gasteiger partial charge in [0.15, 0.2) is 0 Å². The summed E-state index contributed by atoms with van der Waals surface area (Å²) in [4.78, 5) is 22.7. The van der Waals surface area contributed by atoms with Crippen molar-refractivity contribution in [1.82, 2.24) is 0 Å². The molecule has 0 fully saturated rings. The van der Waals surface area contributed by atoms with Gasteiger partial charge in [-0.3, -0.25) is 4.79 Å². The van der Waals surface area contributed by atoms with E-state index >= 15 is 0 Å². The number of rotatable bonds is 4. The van der Waals surface area contributed by atoms with E-state index in [0.29, 0.717) is 6.42 Å². The molecule has 0 radical (unpaired) electrons. The van der Waals surface area contributed by atoms with Crippen molar-refractivity contribution in [2.75, 3.05) is 0 Å². The normalized spacial score (nSPS) is 12.1. The van der Waals surface area contributed by atoms with Crippen LogP contribution in [-0.2, 0) is 26.2 Å². The van der Waals surface area contributed by atoms with E-state index in [9.17, 15) is 9.59 Å². The Morgan fingerprint density at radius 2 is 1.63 bits per heavy atom. The van der Waals surface area contributed by atoms with Crippen molar-refractivity contribution >= 4 is 12.3 Å². The summed E-state index contributed by atoms with van der Waals surface area (Å²) in [6, 6.07) is 7.50. The van der Waals surface area contributed by atoms with Gasteiger partial charge in [-0.15, -0.1) is 0 Å². The lowest BCUT2D eigenvalue weighted by Gasteiger charge is -2.28. The Labute approximate surface area is 115 Å². The number of hydrogen-bond acceptors (Lipinski definition) is 3. The van der Waals surface area contributed by atoms with Gasteiger partial charge in [0.2, 0.25) is 0 Å². The highest BCUT2D eigenvalue weighted by atomic mass is 16.6. The van der Waals surface area contributed by atoms with Gasteiger partial charge in [-0.2, -0.15) is 0 Å². The third-order valence-electron chi connectivity index (χ3n) is 2.90. The van der Waals surface area contributed by atoms with Gasteiger partial charge >= 0.3 is 5.97 Å². The molecule has 0 heterocycles. The predicted molar refractivity (Wildman–Crippen MR) is 75.1 cm³/mol. The molecule has 0 N–H and O–H groups in total. The second kappa shape index (κ2) is 5.55. The van der Waals surface area contributed by atoms with Crippen LogP contribution in [0.3, 0.4) is 0 Å². The van der Waals surface area contributed by atoms with E-state index in [0.717, 1.165) is 17.4 Å². The minimum atomic E-state index is -0.701. The molecule has 1 aromatic rings. The van der Waals surface area contributed by atoms with Gasteiger partial charge in [-0.25, -0.2) is 0 Å². The molecular formula is C16H22O3. The molecule has 1 rings (SSSR count). The summed E-state index contributed by atoms with van der Waals surface area (Å²) in [7, 11) is 0. The van der Waals surface area contributed by atoms with Crippen LogP contribution >= 0.6 is 0 Å². The van der Waals surface area contributed by atoms with Crippen LogP contribution in [0.2, 0.25) is 0 Å². The van der Waals surface area contributed by atoms with E-state index in [1.54, 1.807) is 0 Å². The molecule has 0 aromatic heterocycles. The smallest absolute Gasteiger partial charge is 0.316 e. The molecule has 0 bridgehead atoms. The second-order valence-corrected chi connectivity index (χ2v) is 6.19. The molecule has 0 saturated carbocycles. The lowest BCUT2D eigenvalue weighted by atomic mass is 9.84. The quantitative estimate of drug-likeness (QED) is 0.618. The SMILES string of the molecule is CC(C)(C)OC(=O)C(C)(C)c1ccc(CC=O)cc1. The summed E-state index contributed by atoms with van der Waals surface area (Å²) >= 11 is 0. The van der Waals surface area contributed by atoms with Crippen molar-refractivity contribution in [1.29, 1.82) is 0 Å². The molecule has 0 saturated heterocycles. The number of ether oxygens (including phenoxy) is 1. The zero-order valence-corrected chi connectivity index (χ0v) is 12.3. The van der Waals surface area contributed by atoms with E-state index in [2.05, 4.69) is 0 Å². The van der Waals surface area contributed by atoms with E-state index in [4.69, 9.17) is 4.74 Å². The highest BCUT2D eigenvalue weighted by Crippen LogP contribution is 2.27. The Morgan fingerprint density at radius 3 is 2.05 bits per heavy atom. The van der Waals surface area contributed by atoms with Gasteiger partial charge in [0.05, 0.1) is 5.41 Å². The Bertz CT molecular complexity index is 450. The van der Waals surface area contributed by atoms with Gasteiger partial charge in [0.25, 0.3) is 0 Å². The van der Waals surface area contributed by atoms with Crippen molar-refractivity contribution < 1.29 is 14.3 Å². The van der Waals surface area contributed by atoms with E-state index < -0.39 is 11.0 Å². The van der Waals surface area contributed by atoms with Crippen LogP contribution in [0.25, 0.3) is 0 Å². The fourth-order valence-corrected chi connectivity index (χ4v) is 1.68. The first-order valence-corrected chi connectivity index (χ1v) is 6.43. The maximum atomic E-state index is 12.2. The van der Waals surface area contributed by atoms with Crippen LogP contribution in [0.4, 0.5) is 0 Å². The zero-order valence-electron chi connectivity index (χ0n) is 12.3. The molecule has 19 heavy (non-hydrogen) atoms. The Balaban J connectivity index is 2.92. The first kappa shape index (κ1) is 15.4. The highest BCUT2D eigenvalue weighted by Gasteiger charge is 2.34. The maximum Gasteiger partial charge on any atom is 0.316 e. The molecule has 0 aliphatic heterocycles. The highest BCUT2D eigenvalue weighted by molar-refractivity contribution is 5.82. The molecule has 0 spiro atoms. The van der Waals surface area contributed by atoms with E-state index in [1.165, 1.54) is 0 Å². The lowest BCUT2D eigenvalue weighted by molar-refractivity contribution is -0.160. The summed E-state index contributed by atoms with van der Waals surface area (Å²) in [5.74, 6) is -0.247. The van der Waals surface area contributed by atoms with E-state index in [1.807, 2.05) is 58.9 Å². The summed E-state index contributed by atoms with van der Waals surface area (Å²) in [5.41, 5.74) is 0.633. The van der Waals surface area contributed by atoms with Crippen LogP contribution in [-0.4, -0.2) is 17.9 Å². The second-order valence-electron chi connectivity index (χ2n) is 6.19. The van der Waals surface area contributed by atoms with Crippen LogP contribution in [0.5, 0.6) is 0 Å². The van der Waals surface area contributed by atoms with Gasteiger partial charge in [-0.1, -0.05) is 24.3 Å². The fraction of sp³-hybridized carbons (Fsp3) is 0.500. The molecule has 104 valence electrons. The Morgan fingerprint density at radius 1 is 1.11 bits per heavy atom. The molecule has 0 aliphatic carbocycles. The van der Waals surface area contributed by atoms with Crippen LogP contribution in [0.1, 0.15) is 45.7 Å². The summed E-state index contributed by atoms with van der Waals surface area (Å²) in [6.07, 6.45) is 1.27. The molecule has 0 unspecified atom stereocenters. The predicted octanol–water partition coefficient (Wildman–Crippen LogP) is 3.05. The number of benzene rings is 1.